The first kappa shape index (κ1) is 46.5. The van der Waals surface area contributed by atoms with Crippen molar-refractivity contribution in [2.24, 2.45) is 5.73 Å². The van der Waals surface area contributed by atoms with Crippen LogP contribution in [0.4, 0.5) is 0 Å². The quantitative estimate of drug-likeness (QED) is 0.125. The van der Waals surface area contributed by atoms with E-state index in [2.05, 4.69) is 83.8 Å². The minimum atomic E-state index is 0.0862. The SMILES string of the molecule is CCN(CC)CCCOc1ccc(C(C)=O)cc1.CCN(CC)CCCOc1ccc(C(C)NCCN2CCOCC2)cc1.NCCN1CCOCC1. The van der Waals surface area contributed by atoms with Crippen LogP contribution in [-0.2, 0) is 9.47 Å². The molecule has 1 unspecified atom stereocenters. The van der Waals surface area contributed by atoms with Crippen molar-refractivity contribution >= 4 is 5.78 Å². The number of rotatable bonds is 22. The number of nitrogens with one attached hydrogen (secondary N) is 1. The van der Waals surface area contributed by atoms with E-state index < -0.39 is 0 Å². The Morgan fingerprint density at radius 2 is 1.17 bits per heavy atom. The summed E-state index contributed by atoms with van der Waals surface area (Å²) in [7, 11) is 0. The van der Waals surface area contributed by atoms with E-state index in [1.54, 1.807) is 6.92 Å². The largest absolute Gasteiger partial charge is 0.494 e. The lowest BCUT2D eigenvalue weighted by molar-refractivity contribution is 0.0382. The van der Waals surface area contributed by atoms with Crippen molar-refractivity contribution in [2.45, 2.75) is 60.4 Å². The molecule has 53 heavy (non-hydrogen) atoms. The average molecular weight is 743 g/mol. The fourth-order valence-corrected chi connectivity index (χ4v) is 6.06. The lowest BCUT2D eigenvalue weighted by Crippen LogP contribution is -2.40. The lowest BCUT2D eigenvalue weighted by atomic mass is 10.1. The maximum absolute atomic E-state index is 11.1. The van der Waals surface area contributed by atoms with Crippen LogP contribution in [0.5, 0.6) is 11.5 Å². The number of hydrogen-bond donors (Lipinski definition) is 2. The summed E-state index contributed by atoms with van der Waals surface area (Å²) in [5, 5.41) is 3.61. The van der Waals surface area contributed by atoms with Gasteiger partial charge in [-0.2, -0.15) is 0 Å². The highest BCUT2D eigenvalue weighted by Crippen LogP contribution is 2.18. The summed E-state index contributed by atoms with van der Waals surface area (Å²) < 4.78 is 22.1. The van der Waals surface area contributed by atoms with Gasteiger partial charge in [0.15, 0.2) is 5.78 Å². The van der Waals surface area contributed by atoms with E-state index in [4.69, 9.17) is 24.7 Å². The third-order valence-electron chi connectivity index (χ3n) is 9.74. The molecule has 0 amide bonds. The number of benzene rings is 2. The standard InChI is InChI=1S/C21H37N3O2.C15H23NO2.C6H14N2O/c1-4-23(5-2)12-6-16-26-21-9-7-20(8-10-21)19(3)22-11-13-24-14-17-25-18-15-24;1-4-16(5-2)11-6-12-18-15-9-7-14(8-10-15)13(3)17;7-1-2-8-3-5-9-6-4-8/h7-10,19,22H,4-6,11-18H2,1-3H3;7-10H,4-6,11-12H2,1-3H3;1-7H2. The third kappa shape index (κ3) is 21.2. The average Bonchev–Trinajstić information content (AvgIpc) is 3.20. The molecule has 11 heteroatoms. The Hall–Kier alpha value is -2.61. The minimum Gasteiger partial charge on any atom is -0.494 e. The smallest absolute Gasteiger partial charge is 0.159 e. The first-order chi connectivity index (χ1) is 25.8. The molecule has 2 aliphatic rings. The van der Waals surface area contributed by atoms with Gasteiger partial charge in [-0.15, -0.1) is 0 Å². The van der Waals surface area contributed by atoms with Crippen molar-refractivity contribution in [2.75, 3.05) is 131 Å². The molecule has 2 fully saturated rings. The zero-order valence-electron chi connectivity index (χ0n) is 34.2. The molecule has 2 heterocycles. The van der Waals surface area contributed by atoms with Gasteiger partial charge >= 0.3 is 0 Å². The molecule has 2 aromatic carbocycles. The summed E-state index contributed by atoms with van der Waals surface area (Å²) in [5.41, 5.74) is 7.41. The molecule has 11 nitrogen and oxygen atoms in total. The second kappa shape index (κ2) is 29.7. The predicted molar refractivity (Wildman–Crippen MR) is 219 cm³/mol. The van der Waals surface area contributed by atoms with Crippen LogP contribution >= 0.6 is 0 Å². The zero-order chi connectivity index (χ0) is 38.5. The molecule has 0 aliphatic carbocycles. The molecular weight excluding hydrogens is 668 g/mol. The Morgan fingerprint density at radius 3 is 1.58 bits per heavy atom. The van der Waals surface area contributed by atoms with Crippen LogP contribution in [-0.4, -0.2) is 157 Å². The molecule has 2 aromatic rings. The Balaban J connectivity index is 0.000000309. The second-order valence-electron chi connectivity index (χ2n) is 13.5. The molecule has 0 spiro atoms. The summed E-state index contributed by atoms with van der Waals surface area (Å²) in [6, 6.07) is 16.2. The molecule has 2 aliphatic heterocycles. The molecule has 1 atom stereocenters. The highest BCUT2D eigenvalue weighted by atomic mass is 16.5. The molecule has 0 radical (unpaired) electrons. The van der Waals surface area contributed by atoms with E-state index in [0.29, 0.717) is 6.04 Å². The number of ether oxygens (including phenoxy) is 4. The second-order valence-corrected chi connectivity index (χ2v) is 13.5. The molecule has 0 bridgehead atoms. The monoisotopic (exact) mass is 743 g/mol. The van der Waals surface area contributed by atoms with Crippen molar-refractivity contribution in [3.63, 3.8) is 0 Å². The van der Waals surface area contributed by atoms with Gasteiger partial charge in [-0.05, 0) is 94.8 Å². The number of nitrogens with zero attached hydrogens (tertiary/aromatic N) is 4. The molecule has 2 saturated heterocycles. The van der Waals surface area contributed by atoms with Crippen LogP contribution < -0.4 is 20.5 Å². The summed E-state index contributed by atoms with van der Waals surface area (Å²) in [4.78, 5) is 20.7. The fraction of sp³-hybridized carbons (Fsp3) is 0.690. The normalized spacial score (nSPS) is 15.6. The number of ketones is 1. The molecule has 302 valence electrons. The van der Waals surface area contributed by atoms with Crippen LogP contribution in [0.3, 0.4) is 0 Å². The van der Waals surface area contributed by atoms with Gasteiger partial charge < -0.3 is 39.8 Å². The first-order valence-corrected chi connectivity index (χ1v) is 20.3. The van der Waals surface area contributed by atoms with E-state index in [-0.39, 0.29) is 5.78 Å². The molecule has 0 saturated carbocycles. The van der Waals surface area contributed by atoms with Gasteiger partial charge in [0.05, 0.1) is 39.6 Å². The van der Waals surface area contributed by atoms with Gasteiger partial charge in [-0.3, -0.25) is 14.6 Å². The van der Waals surface area contributed by atoms with Crippen LogP contribution in [0.2, 0.25) is 0 Å². The number of hydrogen-bond acceptors (Lipinski definition) is 11. The number of nitrogens with two attached hydrogens (primary N) is 1. The summed E-state index contributed by atoms with van der Waals surface area (Å²) >= 11 is 0. The Kier molecular flexibility index (Phi) is 26.1. The Morgan fingerprint density at radius 1 is 0.736 bits per heavy atom. The van der Waals surface area contributed by atoms with Crippen molar-refractivity contribution < 1.29 is 23.7 Å². The van der Waals surface area contributed by atoms with E-state index in [1.807, 2.05) is 24.3 Å². The Labute approximate surface area is 322 Å². The van der Waals surface area contributed by atoms with Gasteiger partial charge in [0.2, 0.25) is 0 Å². The van der Waals surface area contributed by atoms with Crippen LogP contribution in [0.25, 0.3) is 0 Å². The van der Waals surface area contributed by atoms with Gasteiger partial charge in [-0.1, -0.05) is 39.8 Å². The predicted octanol–water partition coefficient (Wildman–Crippen LogP) is 5.06. The lowest BCUT2D eigenvalue weighted by Gasteiger charge is -2.27. The summed E-state index contributed by atoms with van der Waals surface area (Å²) in [5.74, 6) is 1.89. The summed E-state index contributed by atoms with van der Waals surface area (Å²) in [6.07, 6.45) is 2.10. The topological polar surface area (TPSA) is 105 Å². The fourth-order valence-electron chi connectivity index (χ4n) is 6.06. The first-order valence-electron chi connectivity index (χ1n) is 20.3. The minimum absolute atomic E-state index is 0.0862. The van der Waals surface area contributed by atoms with E-state index in [0.717, 1.165) is 161 Å². The van der Waals surface area contributed by atoms with Gasteiger partial charge in [0.1, 0.15) is 11.5 Å². The zero-order valence-corrected chi connectivity index (χ0v) is 34.2. The maximum atomic E-state index is 11.1. The molecule has 4 rings (SSSR count). The highest BCUT2D eigenvalue weighted by Gasteiger charge is 2.11. The van der Waals surface area contributed by atoms with Gasteiger partial charge in [0.25, 0.3) is 0 Å². The molecule has 0 aromatic heterocycles. The number of carbonyl (C=O) groups is 1. The van der Waals surface area contributed by atoms with Crippen LogP contribution in [0, 0.1) is 0 Å². The highest BCUT2D eigenvalue weighted by molar-refractivity contribution is 5.94. The van der Waals surface area contributed by atoms with Gasteiger partial charge in [0, 0.05) is 77.1 Å². The van der Waals surface area contributed by atoms with E-state index in [1.165, 1.54) is 5.56 Å². The molecular formula is C42H74N6O5. The Bertz CT molecular complexity index is 1150. The van der Waals surface area contributed by atoms with Crippen molar-refractivity contribution in [3.8, 4) is 11.5 Å². The van der Waals surface area contributed by atoms with Gasteiger partial charge in [-0.25, -0.2) is 0 Å². The third-order valence-corrected chi connectivity index (χ3v) is 9.74. The van der Waals surface area contributed by atoms with Crippen molar-refractivity contribution in [3.05, 3.63) is 59.7 Å². The number of carbonyl (C=O) groups excluding carboxylic acids is 1. The number of morpholine rings is 2. The maximum Gasteiger partial charge on any atom is 0.159 e. The van der Waals surface area contributed by atoms with E-state index in [9.17, 15) is 4.79 Å². The van der Waals surface area contributed by atoms with Crippen molar-refractivity contribution in [1.29, 1.82) is 0 Å². The van der Waals surface area contributed by atoms with Crippen molar-refractivity contribution in [1.82, 2.24) is 24.9 Å². The van der Waals surface area contributed by atoms with Crippen LogP contribution in [0.1, 0.15) is 76.3 Å². The van der Waals surface area contributed by atoms with E-state index >= 15 is 0 Å². The summed E-state index contributed by atoms with van der Waals surface area (Å²) in [6.45, 7) is 32.2. The number of Topliss-reactive ketones (excluding diaryl/α,β-unsaturated/α-hetero) is 1. The van der Waals surface area contributed by atoms with Crippen LogP contribution in [0.15, 0.2) is 48.5 Å². The molecule has 3 N–H and O–H groups in total.